The Morgan fingerprint density at radius 3 is 2.89 bits per heavy atom. The van der Waals surface area contributed by atoms with Gasteiger partial charge in [0.1, 0.15) is 5.82 Å². The summed E-state index contributed by atoms with van der Waals surface area (Å²) in [4.78, 5) is 14.8. The number of hydrogen-bond donors (Lipinski definition) is 3. The van der Waals surface area contributed by atoms with E-state index in [-0.39, 0.29) is 0 Å². The molecule has 3 heterocycles. The Hall–Kier alpha value is -2.64. The molecule has 3 N–H and O–H groups in total. The van der Waals surface area contributed by atoms with Crippen LogP contribution in [0.25, 0.3) is 11.2 Å². The first kappa shape index (κ1) is 18.7. The number of benzene rings is 1. The highest BCUT2D eigenvalue weighted by Gasteiger charge is 2.15. The van der Waals surface area contributed by atoms with E-state index in [1.807, 2.05) is 12.1 Å². The normalized spacial score (nSPS) is 15.8. The van der Waals surface area contributed by atoms with Gasteiger partial charge in [-0.3, -0.25) is 0 Å². The monoisotopic (exact) mass is 398 g/mol. The smallest absolute Gasteiger partial charge is 0.179 e. The second kappa shape index (κ2) is 8.58. The van der Waals surface area contributed by atoms with Crippen molar-refractivity contribution in [3.63, 3.8) is 0 Å². The number of H-pyrrole nitrogens is 1. The molecule has 3 aromatic rings. The number of imidazole rings is 1. The summed E-state index contributed by atoms with van der Waals surface area (Å²) in [6.07, 6.45) is 6.38. The highest BCUT2D eigenvalue weighted by Crippen LogP contribution is 2.20. The molecule has 8 heteroatoms. The number of rotatable bonds is 5. The number of hydrogen-bond acceptors (Lipinski definition) is 5. The molecule has 0 bridgehead atoms. The molecule has 1 aromatic carbocycles. The van der Waals surface area contributed by atoms with Crippen molar-refractivity contribution in [1.29, 1.82) is 0 Å². The van der Waals surface area contributed by atoms with Crippen molar-refractivity contribution in [2.24, 2.45) is 5.16 Å². The minimum Gasteiger partial charge on any atom is -0.409 e. The van der Waals surface area contributed by atoms with E-state index in [9.17, 15) is 5.21 Å². The summed E-state index contributed by atoms with van der Waals surface area (Å²) in [6.45, 7) is 3.31. The topological polar surface area (TPSA) is 89.4 Å². The molecule has 0 atom stereocenters. The molecule has 0 spiro atoms. The first-order valence-corrected chi connectivity index (χ1v) is 9.92. The Balaban J connectivity index is 1.55. The molecule has 1 aliphatic heterocycles. The maximum absolute atomic E-state index is 9.58. The van der Waals surface area contributed by atoms with Crippen LogP contribution < -0.4 is 5.32 Å². The van der Waals surface area contributed by atoms with E-state index in [1.165, 1.54) is 19.3 Å². The predicted octanol–water partition coefficient (Wildman–Crippen LogP) is 3.89. The third kappa shape index (κ3) is 4.26. The van der Waals surface area contributed by atoms with Gasteiger partial charge < -0.3 is 20.4 Å². The molecular weight excluding hydrogens is 376 g/mol. The Morgan fingerprint density at radius 1 is 1.25 bits per heavy atom. The van der Waals surface area contributed by atoms with Crippen LogP contribution in [-0.2, 0) is 6.42 Å². The highest BCUT2D eigenvalue weighted by molar-refractivity contribution is 6.31. The zero-order chi connectivity index (χ0) is 19.3. The molecular formula is C20H23ClN6O. The molecule has 0 radical (unpaired) electrons. The van der Waals surface area contributed by atoms with Crippen molar-refractivity contribution in [1.82, 2.24) is 19.9 Å². The maximum Gasteiger partial charge on any atom is 0.179 e. The lowest BCUT2D eigenvalue weighted by Crippen LogP contribution is -2.31. The number of aromatic amines is 1. The molecule has 0 amide bonds. The summed E-state index contributed by atoms with van der Waals surface area (Å²) in [7, 11) is 0. The number of piperidine rings is 1. The fourth-order valence-corrected chi connectivity index (χ4v) is 3.76. The van der Waals surface area contributed by atoms with Crippen molar-refractivity contribution in [3.8, 4) is 0 Å². The second-order valence-electron chi connectivity index (χ2n) is 6.98. The molecule has 146 valence electrons. The summed E-state index contributed by atoms with van der Waals surface area (Å²) in [5.74, 6) is 1.20. The number of nitrogens with one attached hydrogen (secondary N) is 2. The number of amidine groups is 1. The number of aromatic nitrogens is 3. The molecule has 0 saturated carbocycles. The van der Waals surface area contributed by atoms with E-state index in [4.69, 9.17) is 11.6 Å². The van der Waals surface area contributed by atoms with Gasteiger partial charge >= 0.3 is 0 Å². The number of halogens is 1. The van der Waals surface area contributed by atoms with Crippen LogP contribution in [0.5, 0.6) is 0 Å². The Bertz CT molecular complexity index is 980. The van der Waals surface area contributed by atoms with Gasteiger partial charge in [-0.05, 0) is 50.2 Å². The van der Waals surface area contributed by atoms with E-state index in [0.717, 1.165) is 43.1 Å². The summed E-state index contributed by atoms with van der Waals surface area (Å²) in [6, 6.07) is 9.03. The van der Waals surface area contributed by atoms with E-state index in [0.29, 0.717) is 22.1 Å². The van der Waals surface area contributed by atoms with Gasteiger partial charge in [-0.25, -0.2) is 9.97 Å². The lowest BCUT2D eigenvalue weighted by atomic mass is 10.1. The first-order valence-electron chi connectivity index (χ1n) is 9.54. The first-order chi connectivity index (χ1) is 13.7. The minimum atomic E-state index is 0.306. The van der Waals surface area contributed by atoms with Gasteiger partial charge in [0.2, 0.25) is 0 Å². The minimum absolute atomic E-state index is 0.306. The highest BCUT2D eigenvalue weighted by atomic mass is 35.5. The van der Waals surface area contributed by atoms with Crippen LogP contribution in [0.15, 0.2) is 41.7 Å². The molecule has 0 unspecified atom stereocenters. The van der Waals surface area contributed by atoms with Gasteiger partial charge in [-0.15, -0.1) is 0 Å². The van der Waals surface area contributed by atoms with E-state index >= 15 is 0 Å². The van der Waals surface area contributed by atoms with Crippen LogP contribution in [-0.4, -0.2) is 50.5 Å². The van der Waals surface area contributed by atoms with Crippen LogP contribution in [0.4, 0.5) is 5.69 Å². The average molecular weight is 399 g/mol. The molecule has 1 saturated heterocycles. The molecule has 28 heavy (non-hydrogen) atoms. The number of nitrogens with zero attached hydrogens (tertiary/aromatic N) is 4. The van der Waals surface area contributed by atoms with Crippen molar-refractivity contribution >= 4 is 34.3 Å². The van der Waals surface area contributed by atoms with Crippen molar-refractivity contribution in [2.45, 2.75) is 25.7 Å². The van der Waals surface area contributed by atoms with Gasteiger partial charge in [0.15, 0.2) is 11.5 Å². The molecule has 2 aromatic heterocycles. The van der Waals surface area contributed by atoms with E-state index in [1.54, 1.807) is 24.4 Å². The van der Waals surface area contributed by atoms with E-state index in [2.05, 4.69) is 30.3 Å². The van der Waals surface area contributed by atoms with Crippen LogP contribution in [0, 0.1) is 0 Å². The van der Waals surface area contributed by atoms with Gasteiger partial charge in [0.05, 0.1) is 5.52 Å². The van der Waals surface area contributed by atoms with Crippen molar-refractivity contribution in [3.05, 3.63) is 52.9 Å². The number of fused-ring (bicyclic) bond motifs is 1. The largest absolute Gasteiger partial charge is 0.409 e. The number of oxime groups is 1. The lowest BCUT2D eigenvalue weighted by molar-refractivity contribution is 0.230. The van der Waals surface area contributed by atoms with Gasteiger partial charge in [0, 0.05) is 35.4 Å². The van der Waals surface area contributed by atoms with Crippen molar-refractivity contribution < 1.29 is 5.21 Å². The summed E-state index contributed by atoms with van der Waals surface area (Å²) < 4.78 is 0. The predicted molar refractivity (Wildman–Crippen MR) is 111 cm³/mol. The maximum atomic E-state index is 9.58. The molecule has 0 aliphatic carbocycles. The number of anilines is 1. The Morgan fingerprint density at radius 2 is 2.11 bits per heavy atom. The number of likely N-dealkylation sites (tertiary alicyclic amines) is 1. The second-order valence-corrected chi connectivity index (χ2v) is 7.41. The number of pyridine rings is 1. The summed E-state index contributed by atoms with van der Waals surface area (Å²) >= 11 is 6.04. The van der Waals surface area contributed by atoms with Crippen molar-refractivity contribution in [2.75, 3.05) is 25.0 Å². The lowest BCUT2D eigenvalue weighted by Gasteiger charge is -2.25. The van der Waals surface area contributed by atoms with Crippen LogP contribution in [0.2, 0.25) is 5.02 Å². The zero-order valence-electron chi connectivity index (χ0n) is 15.5. The fourth-order valence-electron chi connectivity index (χ4n) is 3.57. The molecule has 1 aliphatic rings. The Labute approximate surface area is 168 Å². The third-order valence-corrected chi connectivity index (χ3v) is 5.23. The standard InChI is InChI=1S/C20H23ClN6O/c21-14-5-4-6-15(13-14)23-19(26-28)16-7-9-22-20-18(16)24-17(25-20)8-12-27-10-2-1-3-11-27/h4-7,9,13,28H,1-3,8,10-12H2,(H,23,26)(H,22,24,25). The van der Waals surface area contributed by atoms with Gasteiger partial charge in [0.25, 0.3) is 0 Å². The summed E-state index contributed by atoms with van der Waals surface area (Å²) in [5.41, 5.74) is 2.79. The molecule has 7 nitrogen and oxygen atoms in total. The van der Waals surface area contributed by atoms with Crippen LogP contribution in [0.3, 0.4) is 0 Å². The average Bonchev–Trinajstić information content (AvgIpc) is 3.15. The quantitative estimate of drug-likeness (QED) is 0.262. The zero-order valence-corrected chi connectivity index (χ0v) is 16.3. The van der Waals surface area contributed by atoms with Gasteiger partial charge in [-0.2, -0.15) is 0 Å². The third-order valence-electron chi connectivity index (χ3n) is 5.00. The SMILES string of the molecule is O/N=C(\Nc1cccc(Cl)c1)c1ccnc2nc(CCN3CCCCC3)[nH]c12. The van der Waals surface area contributed by atoms with Crippen LogP contribution >= 0.6 is 11.6 Å². The van der Waals surface area contributed by atoms with Crippen LogP contribution in [0.1, 0.15) is 30.7 Å². The van der Waals surface area contributed by atoms with Gasteiger partial charge in [-0.1, -0.05) is 29.2 Å². The fraction of sp³-hybridized carbons (Fsp3) is 0.350. The molecule has 1 fully saturated rings. The van der Waals surface area contributed by atoms with E-state index < -0.39 is 0 Å². The Kier molecular flexibility index (Phi) is 5.73. The summed E-state index contributed by atoms with van der Waals surface area (Å²) in [5, 5.41) is 16.7. The molecule has 4 rings (SSSR count).